The SMILES string of the molecule is C[C@]12CCC(=NO)C=C1CC[C@@H]1[C@@H]2CC[C@]2(C)NC(=O)CC[C@@H]12. The average molecular weight is 316 g/mol. The number of nitrogens with zero attached hydrogens (tertiary/aromatic N) is 1. The quantitative estimate of drug-likeness (QED) is 0.529. The molecule has 3 aliphatic carbocycles. The Kier molecular flexibility index (Phi) is 3.37. The van der Waals surface area contributed by atoms with Crippen LogP contribution < -0.4 is 5.32 Å². The standard InChI is InChI=1S/C19H28N2O2/c1-18-9-7-13(21-23)11-12(18)3-4-14-15(18)8-10-19(2)16(14)5-6-17(22)20-19/h11,14-16,23H,3-10H2,1-2H3,(H,20,22)/t14-,15+,16+,18+,19+/m1/s1. The molecular formula is C19H28N2O2. The van der Waals surface area contributed by atoms with E-state index >= 15 is 0 Å². The Balaban J connectivity index is 1.66. The van der Waals surface area contributed by atoms with Crippen LogP contribution in [0, 0.1) is 23.2 Å². The summed E-state index contributed by atoms with van der Waals surface area (Å²) in [6.07, 6.45) is 10.6. The molecule has 0 aromatic carbocycles. The van der Waals surface area contributed by atoms with Crippen molar-refractivity contribution in [2.75, 3.05) is 0 Å². The Labute approximate surface area is 138 Å². The molecule has 0 aromatic heterocycles. The van der Waals surface area contributed by atoms with E-state index < -0.39 is 0 Å². The van der Waals surface area contributed by atoms with Crippen molar-refractivity contribution >= 4 is 11.6 Å². The Bertz CT molecular complexity index is 596. The van der Waals surface area contributed by atoms with Gasteiger partial charge in [0.15, 0.2) is 0 Å². The van der Waals surface area contributed by atoms with Gasteiger partial charge >= 0.3 is 0 Å². The van der Waals surface area contributed by atoms with E-state index in [-0.39, 0.29) is 16.9 Å². The van der Waals surface area contributed by atoms with Crippen molar-refractivity contribution in [1.29, 1.82) is 0 Å². The molecule has 1 saturated heterocycles. The fraction of sp³-hybridized carbons (Fsp3) is 0.789. The Morgan fingerprint density at radius 2 is 1.96 bits per heavy atom. The van der Waals surface area contributed by atoms with Gasteiger partial charge in [0.2, 0.25) is 5.91 Å². The van der Waals surface area contributed by atoms with Gasteiger partial charge in [0, 0.05) is 12.0 Å². The van der Waals surface area contributed by atoms with E-state index in [9.17, 15) is 4.79 Å². The molecule has 4 heteroatoms. The Morgan fingerprint density at radius 3 is 2.74 bits per heavy atom. The van der Waals surface area contributed by atoms with Gasteiger partial charge in [-0.15, -0.1) is 0 Å². The van der Waals surface area contributed by atoms with Gasteiger partial charge in [0.05, 0.1) is 5.71 Å². The summed E-state index contributed by atoms with van der Waals surface area (Å²) in [5, 5.41) is 15.9. The highest BCUT2D eigenvalue weighted by Crippen LogP contribution is 2.60. The zero-order chi connectivity index (χ0) is 16.2. The van der Waals surface area contributed by atoms with Gasteiger partial charge < -0.3 is 10.5 Å². The molecule has 4 aliphatic rings. The second kappa shape index (κ2) is 5.09. The molecule has 1 heterocycles. The number of allylic oxidation sites excluding steroid dienone is 2. The highest BCUT2D eigenvalue weighted by Gasteiger charge is 2.56. The van der Waals surface area contributed by atoms with Crippen LogP contribution in [0.4, 0.5) is 0 Å². The number of rotatable bonds is 0. The Hall–Kier alpha value is -1.32. The van der Waals surface area contributed by atoms with Crippen molar-refractivity contribution in [3.05, 3.63) is 11.6 Å². The normalized spacial score (nSPS) is 47.9. The minimum Gasteiger partial charge on any atom is -0.411 e. The van der Waals surface area contributed by atoms with Crippen molar-refractivity contribution in [3.63, 3.8) is 0 Å². The highest BCUT2D eigenvalue weighted by molar-refractivity contribution is 5.96. The van der Waals surface area contributed by atoms with Crippen LogP contribution in [0.1, 0.15) is 65.2 Å². The molecule has 4 nitrogen and oxygen atoms in total. The summed E-state index contributed by atoms with van der Waals surface area (Å²) < 4.78 is 0. The minimum absolute atomic E-state index is 0.0143. The number of carbonyl (C=O) groups is 1. The molecule has 2 N–H and O–H groups in total. The van der Waals surface area contributed by atoms with Crippen molar-refractivity contribution in [2.24, 2.45) is 28.3 Å². The van der Waals surface area contributed by atoms with Gasteiger partial charge in [-0.3, -0.25) is 4.79 Å². The van der Waals surface area contributed by atoms with E-state index in [0.29, 0.717) is 12.3 Å². The van der Waals surface area contributed by atoms with E-state index in [1.807, 2.05) is 0 Å². The van der Waals surface area contributed by atoms with Crippen LogP contribution in [0.2, 0.25) is 0 Å². The summed E-state index contributed by atoms with van der Waals surface area (Å²) in [4.78, 5) is 11.9. The molecule has 23 heavy (non-hydrogen) atoms. The molecule has 1 aliphatic heterocycles. The number of piperidine rings is 1. The lowest BCUT2D eigenvalue weighted by Gasteiger charge is -2.60. The van der Waals surface area contributed by atoms with E-state index in [2.05, 4.69) is 30.4 Å². The molecule has 0 unspecified atom stereocenters. The number of fused-ring (bicyclic) bond motifs is 5. The van der Waals surface area contributed by atoms with E-state index in [1.165, 1.54) is 18.4 Å². The van der Waals surface area contributed by atoms with E-state index in [4.69, 9.17) is 5.21 Å². The van der Waals surface area contributed by atoms with Crippen LogP contribution in [0.25, 0.3) is 0 Å². The van der Waals surface area contributed by atoms with Crippen LogP contribution in [0.5, 0.6) is 0 Å². The molecule has 126 valence electrons. The maximum absolute atomic E-state index is 11.9. The zero-order valence-electron chi connectivity index (χ0n) is 14.3. The second-order valence-corrected chi connectivity index (χ2v) is 8.64. The van der Waals surface area contributed by atoms with Crippen LogP contribution in [0.3, 0.4) is 0 Å². The number of hydrogen-bond acceptors (Lipinski definition) is 3. The maximum atomic E-state index is 11.9. The van der Waals surface area contributed by atoms with Gasteiger partial charge in [-0.25, -0.2) is 0 Å². The highest BCUT2D eigenvalue weighted by atomic mass is 16.4. The molecule has 4 rings (SSSR count). The largest absolute Gasteiger partial charge is 0.411 e. The van der Waals surface area contributed by atoms with Gasteiger partial charge in [-0.2, -0.15) is 0 Å². The molecule has 0 aromatic rings. The predicted octanol–water partition coefficient (Wildman–Crippen LogP) is 3.65. The average Bonchev–Trinajstić information content (AvgIpc) is 2.52. The van der Waals surface area contributed by atoms with Crippen LogP contribution in [-0.4, -0.2) is 22.4 Å². The third kappa shape index (κ3) is 2.17. The molecule has 1 amide bonds. The number of oxime groups is 1. The number of carbonyl (C=O) groups excluding carboxylic acids is 1. The van der Waals surface area contributed by atoms with E-state index in [0.717, 1.165) is 49.7 Å². The van der Waals surface area contributed by atoms with Gasteiger partial charge in [-0.05, 0) is 81.1 Å². The van der Waals surface area contributed by atoms with E-state index in [1.54, 1.807) is 0 Å². The second-order valence-electron chi connectivity index (χ2n) is 8.64. The van der Waals surface area contributed by atoms with Crippen molar-refractivity contribution in [1.82, 2.24) is 5.32 Å². The number of hydrogen-bond donors (Lipinski definition) is 2. The minimum atomic E-state index is 0.0143. The molecule has 0 spiro atoms. The lowest BCUT2D eigenvalue weighted by molar-refractivity contribution is -0.131. The zero-order valence-corrected chi connectivity index (χ0v) is 14.3. The fourth-order valence-electron chi connectivity index (χ4n) is 6.33. The van der Waals surface area contributed by atoms with Crippen molar-refractivity contribution < 1.29 is 10.0 Å². The van der Waals surface area contributed by atoms with Gasteiger partial charge in [-0.1, -0.05) is 17.7 Å². The van der Waals surface area contributed by atoms with Crippen molar-refractivity contribution in [2.45, 2.75) is 70.8 Å². The topological polar surface area (TPSA) is 61.7 Å². The van der Waals surface area contributed by atoms with Gasteiger partial charge in [0.25, 0.3) is 0 Å². The molecule has 2 saturated carbocycles. The maximum Gasteiger partial charge on any atom is 0.220 e. The number of nitrogens with one attached hydrogen (secondary N) is 1. The van der Waals surface area contributed by atoms with Crippen LogP contribution in [-0.2, 0) is 4.79 Å². The van der Waals surface area contributed by atoms with Crippen molar-refractivity contribution in [3.8, 4) is 0 Å². The Morgan fingerprint density at radius 1 is 1.13 bits per heavy atom. The summed E-state index contributed by atoms with van der Waals surface area (Å²) in [6, 6.07) is 0. The summed E-state index contributed by atoms with van der Waals surface area (Å²) in [5.41, 5.74) is 2.63. The van der Waals surface area contributed by atoms with Gasteiger partial charge in [0.1, 0.15) is 0 Å². The summed E-state index contributed by atoms with van der Waals surface area (Å²) >= 11 is 0. The first kappa shape index (κ1) is 15.2. The molecular weight excluding hydrogens is 288 g/mol. The molecule has 0 radical (unpaired) electrons. The summed E-state index contributed by atoms with van der Waals surface area (Å²) in [7, 11) is 0. The van der Waals surface area contributed by atoms with Crippen LogP contribution >= 0.6 is 0 Å². The first-order chi connectivity index (χ1) is 11.0. The fourth-order valence-corrected chi connectivity index (χ4v) is 6.33. The monoisotopic (exact) mass is 316 g/mol. The molecule has 5 atom stereocenters. The summed E-state index contributed by atoms with van der Waals surface area (Å²) in [5.74, 6) is 2.32. The number of amides is 1. The molecule has 3 fully saturated rings. The lowest BCUT2D eigenvalue weighted by Crippen LogP contribution is -2.62. The third-order valence-electron chi connectivity index (χ3n) is 7.60. The first-order valence-corrected chi connectivity index (χ1v) is 9.19. The third-order valence-corrected chi connectivity index (χ3v) is 7.60. The lowest BCUT2D eigenvalue weighted by atomic mass is 9.47. The van der Waals surface area contributed by atoms with Crippen LogP contribution in [0.15, 0.2) is 16.8 Å². The summed E-state index contributed by atoms with van der Waals surface area (Å²) in [6.45, 7) is 4.71. The predicted molar refractivity (Wildman–Crippen MR) is 89.4 cm³/mol. The smallest absolute Gasteiger partial charge is 0.220 e. The molecule has 0 bridgehead atoms. The first-order valence-electron chi connectivity index (χ1n) is 9.19.